The number of hydrogen-bond donors (Lipinski definition) is 1. The second kappa shape index (κ2) is 7.44. The molecule has 2 heterocycles. The maximum absolute atomic E-state index is 12.5. The molecule has 1 aromatic heterocycles. The molecule has 9 nitrogen and oxygen atoms in total. The van der Waals surface area contributed by atoms with Crippen molar-refractivity contribution in [2.24, 2.45) is 0 Å². The Morgan fingerprint density at radius 3 is 2.65 bits per heavy atom. The summed E-state index contributed by atoms with van der Waals surface area (Å²) in [6, 6.07) is 4.29. The van der Waals surface area contributed by atoms with Crippen molar-refractivity contribution in [3.05, 3.63) is 51.3 Å². The first kappa shape index (κ1) is 17.7. The zero-order chi connectivity index (χ0) is 18.7. The Morgan fingerprint density at radius 2 is 2.04 bits per heavy atom. The van der Waals surface area contributed by atoms with Gasteiger partial charge in [0.15, 0.2) is 0 Å². The average molecular weight is 357 g/mol. The van der Waals surface area contributed by atoms with Crippen LogP contribution in [-0.4, -0.2) is 47.1 Å². The number of aromatic nitrogens is 2. The fraction of sp³-hybridized carbons (Fsp3) is 0.353. The number of nitrogens with one attached hydrogen (secondary N) is 1. The van der Waals surface area contributed by atoms with E-state index < -0.39 is 4.92 Å². The number of anilines is 2. The first-order chi connectivity index (χ1) is 12.5. The number of ether oxygens (including phenoxy) is 1. The van der Waals surface area contributed by atoms with Crippen LogP contribution in [0.3, 0.4) is 0 Å². The Morgan fingerprint density at radius 1 is 1.31 bits per heavy atom. The van der Waals surface area contributed by atoms with Crippen LogP contribution < -0.4 is 10.2 Å². The lowest BCUT2D eigenvalue weighted by Crippen LogP contribution is -2.37. The standard InChI is InChI=1S/C17H19N5O4/c1-11-9-13(22(24)25)3-4-15(11)20-16(23)14-10-18-17(19-12(14)2)21-5-7-26-8-6-21/h3-4,9-10H,5-8H2,1-2H3,(H,20,23). The highest BCUT2D eigenvalue weighted by Crippen LogP contribution is 2.22. The number of aryl methyl sites for hydroxylation is 2. The zero-order valence-electron chi connectivity index (χ0n) is 14.6. The van der Waals surface area contributed by atoms with Gasteiger partial charge in [-0.05, 0) is 25.5 Å². The molecule has 0 radical (unpaired) electrons. The highest BCUT2D eigenvalue weighted by atomic mass is 16.6. The van der Waals surface area contributed by atoms with Crippen molar-refractivity contribution in [1.82, 2.24) is 9.97 Å². The Balaban J connectivity index is 1.76. The largest absolute Gasteiger partial charge is 0.378 e. The highest BCUT2D eigenvalue weighted by molar-refractivity contribution is 6.05. The zero-order valence-corrected chi connectivity index (χ0v) is 14.6. The van der Waals surface area contributed by atoms with Crippen LogP contribution >= 0.6 is 0 Å². The van der Waals surface area contributed by atoms with Crippen LogP contribution in [0.2, 0.25) is 0 Å². The number of morpholine rings is 1. The predicted octanol–water partition coefficient (Wildman–Crippen LogP) is 2.09. The van der Waals surface area contributed by atoms with Gasteiger partial charge < -0.3 is 15.0 Å². The maximum Gasteiger partial charge on any atom is 0.269 e. The lowest BCUT2D eigenvalue weighted by Gasteiger charge is -2.27. The lowest BCUT2D eigenvalue weighted by molar-refractivity contribution is -0.384. The molecular formula is C17H19N5O4. The average Bonchev–Trinajstić information content (AvgIpc) is 2.63. The first-order valence-corrected chi connectivity index (χ1v) is 8.18. The Bertz CT molecular complexity index is 849. The van der Waals surface area contributed by atoms with Crippen LogP contribution in [0.15, 0.2) is 24.4 Å². The third-order valence-corrected chi connectivity index (χ3v) is 4.17. The molecule has 9 heteroatoms. The van der Waals surface area contributed by atoms with Crippen molar-refractivity contribution in [2.45, 2.75) is 13.8 Å². The van der Waals surface area contributed by atoms with Gasteiger partial charge in [-0.15, -0.1) is 0 Å². The van der Waals surface area contributed by atoms with Gasteiger partial charge in [0, 0.05) is 37.1 Å². The Hall–Kier alpha value is -3.07. The minimum absolute atomic E-state index is 0.0186. The van der Waals surface area contributed by atoms with E-state index in [4.69, 9.17) is 4.74 Å². The van der Waals surface area contributed by atoms with E-state index in [1.54, 1.807) is 13.8 Å². The summed E-state index contributed by atoms with van der Waals surface area (Å²) in [6.07, 6.45) is 1.50. The number of hydrogen-bond acceptors (Lipinski definition) is 7. The fourth-order valence-electron chi connectivity index (χ4n) is 2.68. The lowest BCUT2D eigenvalue weighted by atomic mass is 10.1. The molecule has 1 aliphatic heterocycles. The molecule has 0 aliphatic carbocycles. The number of nitro benzene ring substituents is 1. The number of nitrogens with zero attached hydrogens (tertiary/aromatic N) is 4. The summed E-state index contributed by atoms with van der Waals surface area (Å²) >= 11 is 0. The van der Waals surface area contributed by atoms with E-state index in [1.165, 1.54) is 24.4 Å². The Kier molecular flexibility index (Phi) is 5.08. The normalized spacial score (nSPS) is 14.2. The van der Waals surface area contributed by atoms with Gasteiger partial charge in [0.1, 0.15) is 0 Å². The molecule has 1 fully saturated rings. The molecule has 3 rings (SSSR count). The summed E-state index contributed by atoms with van der Waals surface area (Å²) < 4.78 is 5.31. The molecule has 26 heavy (non-hydrogen) atoms. The summed E-state index contributed by atoms with van der Waals surface area (Å²) in [5, 5.41) is 13.6. The van der Waals surface area contributed by atoms with E-state index in [1.807, 2.05) is 4.90 Å². The van der Waals surface area contributed by atoms with Crippen LogP contribution in [0.4, 0.5) is 17.3 Å². The molecule has 1 aromatic carbocycles. The van der Waals surface area contributed by atoms with E-state index in [9.17, 15) is 14.9 Å². The van der Waals surface area contributed by atoms with Crippen LogP contribution in [0, 0.1) is 24.0 Å². The number of nitro groups is 1. The van der Waals surface area contributed by atoms with Gasteiger partial charge in [-0.3, -0.25) is 14.9 Å². The van der Waals surface area contributed by atoms with Gasteiger partial charge in [0.05, 0.1) is 29.4 Å². The number of rotatable bonds is 4. The van der Waals surface area contributed by atoms with E-state index in [0.29, 0.717) is 54.8 Å². The number of non-ortho nitro benzene ring substituents is 1. The molecule has 136 valence electrons. The van der Waals surface area contributed by atoms with E-state index >= 15 is 0 Å². The van der Waals surface area contributed by atoms with Gasteiger partial charge >= 0.3 is 0 Å². The molecule has 0 bridgehead atoms. The predicted molar refractivity (Wildman–Crippen MR) is 95.6 cm³/mol. The third kappa shape index (κ3) is 3.77. The van der Waals surface area contributed by atoms with Crippen LogP contribution in [-0.2, 0) is 4.74 Å². The van der Waals surface area contributed by atoms with Gasteiger partial charge in [-0.2, -0.15) is 0 Å². The molecule has 0 saturated carbocycles. The molecule has 0 spiro atoms. The van der Waals surface area contributed by atoms with Crippen LogP contribution in [0.5, 0.6) is 0 Å². The monoisotopic (exact) mass is 357 g/mol. The minimum Gasteiger partial charge on any atom is -0.378 e. The molecular weight excluding hydrogens is 338 g/mol. The van der Waals surface area contributed by atoms with Crippen molar-refractivity contribution < 1.29 is 14.5 Å². The number of carbonyl (C=O) groups excluding carboxylic acids is 1. The van der Waals surface area contributed by atoms with Gasteiger partial charge in [-0.1, -0.05) is 0 Å². The highest BCUT2D eigenvalue weighted by Gasteiger charge is 2.18. The Labute approximate surface area is 150 Å². The quantitative estimate of drug-likeness (QED) is 0.659. The molecule has 0 atom stereocenters. The molecule has 1 N–H and O–H groups in total. The van der Waals surface area contributed by atoms with Crippen molar-refractivity contribution in [1.29, 1.82) is 0 Å². The molecule has 1 aliphatic rings. The van der Waals surface area contributed by atoms with Crippen LogP contribution in [0.1, 0.15) is 21.6 Å². The maximum atomic E-state index is 12.5. The smallest absolute Gasteiger partial charge is 0.269 e. The topological polar surface area (TPSA) is 110 Å². The third-order valence-electron chi connectivity index (χ3n) is 4.17. The van der Waals surface area contributed by atoms with Crippen LogP contribution in [0.25, 0.3) is 0 Å². The van der Waals surface area contributed by atoms with Crippen molar-refractivity contribution in [2.75, 3.05) is 36.5 Å². The molecule has 0 unspecified atom stereocenters. The number of benzene rings is 1. The summed E-state index contributed by atoms with van der Waals surface area (Å²) in [7, 11) is 0. The van der Waals surface area contributed by atoms with E-state index in [0.717, 1.165) is 0 Å². The van der Waals surface area contributed by atoms with Crippen molar-refractivity contribution in [3.63, 3.8) is 0 Å². The second-order valence-electron chi connectivity index (χ2n) is 5.98. The summed E-state index contributed by atoms with van der Waals surface area (Å²) in [5.74, 6) is 0.224. The van der Waals surface area contributed by atoms with Crippen molar-refractivity contribution >= 4 is 23.2 Å². The number of carbonyl (C=O) groups is 1. The molecule has 2 aromatic rings. The molecule has 1 saturated heterocycles. The second-order valence-corrected chi connectivity index (χ2v) is 5.98. The first-order valence-electron chi connectivity index (χ1n) is 8.18. The summed E-state index contributed by atoms with van der Waals surface area (Å²) in [4.78, 5) is 33.6. The minimum atomic E-state index is -0.471. The van der Waals surface area contributed by atoms with Gasteiger partial charge in [0.25, 0.3) is 11.6 Å². The molecule has 1 amide bonds. The van der Waals surface area contributed by atoms with Gasteiger partial charge in [-0.25, -0.2) is 9.97 Å². The van der Waals surface area contributed by atoms with E-state index in [-0.39, 0.29) is 11.6 Å². The number of amides is 1. The summed E-state index contributed by atoms with van der Waals surface area (Å²) in [6.45, 7) is 6.14. The van der Waals surface area contributed by atoms with Gasteiger partial charge in [0.2, 0.25) is 5.95 Å². The summed E-state index contributed by atoms with van der Waals surface area (Å²) in [5.41, 5.74) is 2.03. The SMILES string of the molecule is Cc1cc([N+](=O)[O-])ccc1NC(=O)c1cnc(N2CCOCC2)nc1C. The fourth-order valence-corrected chi connectivity index (χ4v) is 2.68. The van der Waals surface area contributed by atoms with Crippen molar-refractivity contribution in [3.8, 4) is 0 Å². The van der Waals surface area contributed by atoms with E-state index in [2.05, 4.69) is 15.3 Å².